The lowest BCUT2D eigenvalue weighted by atomic mass is 10.2. The summed E-state index contributed by atoms with van der Waals surface area (Å²) < 4.78 is 26.5. The summed E-state index contributed by atoms with van der Waals surface area (Å²) >= 11 is 1.15. The highest BCUT2D eigenvalue weighted by Gasteiger charge is 2.28. The molecule has 1 fully saturated rings. The molecule has 0 aliphatic carbocycles. The van der Waals surface area contributed by atoms with E-state index in [1.807, 2.05) is 18.2 Å². The third-order valence-corrected chi connectivity index (χ3v) is 6.88. The summed E-state index contributed by atoms with van der Waals surface area (Å²) in [7, 11) is -3.41. The van der Waals surface area contributed by atoms with E-state index in [0.717, 1.165) is 17.3 Å². The quantitative estimate of drug-likeness (QED) is 0.553. The van der Waals surface area contributed by atoms with E-state index in [4.69, 9.17) is 0 Å². The molecule has 1 amide bonds. The Balaban J connectivity index is 1.50. The van der Waals surface area contributed by atoms with Crippen LogP contribution in [0.15, 0.2) is 52.5 Å². The van der Waals surface area contributed by atoms with Crippen LogP contribution >= 0.6 is 11.8 Å². The number of thioether (sulfide) groups is 1. The average Bonchev–Trinajstić information content (AvgIpc) is 2.67. The molecule has 1 aliphatic rings. The molecule has 2 aromatic rings. The minimum atomic E-state index is -3.41. The molecule has 3 rings (SSSR count). The van der Waals surface area contributed by atoms with Crippen molar-refractivity contribution in [2.45, 2.75) is 10.9 Å². The number of nitrogens with zero attached hydrogens (tertiary/aromatic N) is 3. The first-order valence-electron chi connectivity index (χ1n) is 8.42. The summed E-state index contributed by atoms with van der Waals surface area (Å²) in [5, 5.41) is 0.389. The van der Waals surface area contributed by atoms with Gasteiger partial charge in [-0.05, 0) is 5.56 Å². The number of sulfonamides is 1. The Bertz CT molecular complexity index is 939. The minimum Gasteiger partial charge on any atom is -0.339 e. The van der Waals surface area contributed by atoms with Crippen LogP contribution in [-0.2, 0) is 20.6 Å². The number of nitrogens with one attached hydrogen (secondary N) is 1. The maximum absolute atomic E-state index is 12.6. The Morgan fingerprint density at radius 1 is 1.11 bits per heavy atom. The molecule has 8 nitrogen and oxygen atoms in total. The molecular formula is C17H20N4O4S2. The molecule has 0 saturated carbocycles. The van der Waals surface area contributed by atoms with Gasteiger partial charge >= 0.3 is 0 Å². The Labute approximate surface area is 161 Å². The van der Waals surface area contributed by atoms with Gasteiger partial charge in [0.05, 0.1) is 11.5 Å². The predicted octanol–water partition coefficient (Wildman–Crippen LogP) is 0.536. The van der Waals surface area contributed by atoms with Crippen molar-refractivity contribution >= 4 is 27.7 Å². The number of H-pyrrole nitrogens is 1. The van der Waals surface area contributed by atoms with Gasteiger partial charge in [-0.1, -0.05) is 42.1 Å². The second-order valence-electron chi connectivity index (χ2n) is 6.05. The fraction of sp³-hybridized carbons (Fsp3) is 0.353. The van der Waals surface area contributed by atoms with Crippen LogP contribution in [0.5, 0.6) is 0 Å². The molecule has 1 aromatic heterocycles. The van der Waals surface area contributed by atoms with Gasteiger partial charge in [0.15, 0.2) is 5.16 Å². The van der Waals surface area contributed by atoms with Crippen molar-refractivity contribution < 1.29 is 13.2 Å². The van der Waals surface area contributed by atoms with E-state index in [2.05, 4.69) is 9.97 Å². The zero-order valence-electron chi connectivity index (χ0n) is 14.6. The zero-order chi connectivity index (χ0) is 19.3. The van der Waals surface area contributed by atoms with Crippen LogP contribution in [0.4, 0.5) is 0 Å². The number of carbonyl (C=O) groups excluding carboxylic acids is 1. The van der Waals surface area contributed by atoms with Crippen molar-refractivity contribution in [2.75, 3.05) is 31.9 Å². The van der Waals surface area contributed by atoms with E-state index in [9.17, 15) is 18.0 Å². The molecule has 1 aromatic carbocycles. The molecule has 2 heterocycles. The van der Waals surface area contributed by atoms with Gasteiger partial charge in [0.2, 0.25) is 15.9 Å². The lowest BCUT2D eigenvalue weighted by Gasteiger charge is -2.34. The number of carbonyl (C=O) groups is 1. The maximum atomic E-state index is 12.6. The molecule has 1 N–H and O–H groups in total. The summed E-state index contributed by atoms with van der Waals surface area (Å²) in [5.41, 5.74) is 0.481. The fourth-order valence-corrected chi connectivity index (χ4v) is 5.01. The van der Waals surface area contributed by atoms with Crippen LogP contribution < -0.4 is 5.56 Å². The SMILES string of the molecule is O=C(CSc1nccc(=O)[nH]1)N1CCN(S(=O)(=O)Cc2ccccc2)CC1. The molecule has 0 spiro atoms. The number of hydrogen-bond donors (Lipinski definition) is 1. The lowest BCUT2D eigenvalue weighted by molar-refractivity contribution is -0.129. The first-order chi connectivity index (χ1) is 12.9. The van der Waals surface area contributed by atoms with Crippen LogP contribution in [0.3, 0.4) is 0 Å². The highest BCUT2D eigenvalue weighted by atomic mass is 32.2. The molecule has 0 bridgehead atoms. The van der Waals surface area contributed by atoms with Gasteiger partial charge in [0, 0.05) is 38.4 Å². The second-order valence-corrected chi connectivity index (χ2v) is 8.98. The Morgan fingerprint density at radius 2 is 1.81 bits per heavy atom. The average molecular weight is 409 g/mol. The van der Waals surface area contributed by atoms with Crippen LogP contribution in [-0.4, -0.2) is 65.4 Å². The summed E-state index contributed by atoms with van der Waals surface area (Å²) in [4.78, 5) is 31.7. The minimum absolute atomic E-state index is 0.0370. The number of rotatable bonds is 6. The van der Waals surface area contributed by atoms with Crippen LogP contribution in [0.25, 0.3) is 0 Å². The number of hydrogen-bond acceptors (Lipinski definition) is 6. The van der Waals surface area contributed by atoms with Gasteiger partial charge < -0.3 is 9.88 Å². The first-order valence-corrected chi connectivity index (χ1v) is 11.0. The third kappa shape index (κ3) is 5.41. The maximum Gasteiger partial charge on any atom is 0.251 e. The number of amides is 1. The highest BCUT2D eigenvalue weighted by molar-refractivity contribution is 7.99. The largest absolute Gasteiger partial charge is 0.339 e. The van der Waals surface area contributed by atoms with Crippen LogP contribution in [0.1, 0.15) is 5.56 Å². The second kappa shape index (κ2) is 8.68. The molecule has 1 saturated heterocycles. The van der Waals surface area contributed by atoms with Gasteiger partial charge in [-0.3, -0.25) is 9.59 Å². The molecule has 10 heteroatoms. The van der Waals surface area contributed by atoms with Crippen molar-refractivity contribution in [3.8, 4) is 0 Å². The number of aromatic nitrogens is 2. The van der Waals surface area contributed by atoms with Gasteiger partial charge in [-0.25, -0.2) is 13.4 Å². The predicted molar refractivity (Wildman–Crippen MR) is 103 cm³/mol. The molecule has 144 valence electrons. The van der Waals surface area contributed by atoms with Gasteiger partial charge in [0.25, 0.3) is 5.56 Å². The van der Waals surface area contributed by atoms with Crippen molar-refractivity contribution in [3.63, 3.8) is 0 Å². The Kier molecular flexibility index (Phi) is 6.30. The molecule has 0 atom stereocenters. The van der Waals surface area contributed by atoms with E-state index in [1.165, 1.54) is 16.6 Å². The van der Waals surface area contributed by atoms with E-state index >= 15 is 0 Å². The summed E-state index contributed by atoms with van der Waals surface area (Å²) in [6, 6.07) is 10.4. The monoisotopic (exact) mass is 408 g/mol. The first kappa shape index (κ1) is 19.6. The third-order valence-electron chi connectivity index (χ3n) is 4.16. The molecule has 27 heavy (non-hydrogen) atoms. The van der Waals surface area contributed by atoms with Crippen molar-refractivity contribution in [2.24, 2.45) is 0 Å². The highest BCUT2D eigenvalue weighted by Crippen LogP contribution is 2.16. The summed E-state index contributed by atoms with van der Waals surface area (Å²) in [6.07, 6.45) is 1.39. The van der Waals surface area contributed by atoms with Gasteiger partial charge in [-0.2, -0.15) is 4.31 Å². The normalized spacial score (nSPS) is 15.6. The lowest BCUT2D eigenvalue weighted by Crippen LogP contribution is -2.51. The van der Waals surface area contributed by atoms with E-state index in [-0.39, 0.29) is 36.1 Å². The smallest absolute Gasteiger partial charge is 0.251 e. The number of benzene rings is 1. The topological polar surface area (TPSA) is 103 Å². The fourth-order valence-electron chi connectivity index (χ4n) is 2.74. The molecule has 1 aliphatic heterocycles. The van der Waals surface area contributed by atoms with E-state index in [1.54, 1.807) is 17.0 Å². The number of aromatic amines is 1. The molecule has 0 unspecified atom stereocenters. The van der Waals surface area contributed by atoms with Crippen molar-refractivity contribution in [1.29, 1.82) is 0 Å². The van der Waals surface area contributed by atoms with Crippen LogP contribution in [0.2, 0.25) is 0 Å². The zero-order valence-corrected chi connectivity index (χ0v) is 16.2. The summed E-state index contributed by atoms with van der Waals surface area (Å²) in [5.74, 6) is 0.000561. The van der Waals surface area contributed by atoms with Crippen molar-refractivity contribution in [1.82, 2.24) is 19.2 Å². The standard InChI is InChI=1S/C17H20N4O4S2/c22-15-6-7-18-17(19-15)26-12-16(23)20-8-10-21(11-9-20)27(24,25)13-14-4-2-1-3-5-14/h1-7H,8-13H2,(H,18,19,22). The molecule has 0 radical (unpaired) electrons. The number of piperazine rings is 1. The van der Waals surface area contributed by atoms with Gasteiger partial charge in [-0.15, -0.1) is 0 Å². The van der Waals surface area contributed by atoms with E-state index in [0.29, 0.717) is 18.2 Å². The van der Waals surface area contributed by atoms with Crippen LogP contribution in [0, 0.1) is 0 Å². The molecular weight excluding hydrogens is 388 g/mol. The Morgan fingerprint density at radius 3 is 2.48 bits per heavy atom. The Hall–Kier alpha value is -2.17. The summed E-state index contributed by atoms with van der Waals surface area (Å²) in [6.45, 7) is 1.27. The van der Waals surface area contributed by atoms with Crippen molar-refractivity contribution in [3.05, 3.63) is 58.5 Å². The van der Waals surface area contributed by atoms with E-state index < -0.39 is 10.0 Å². The van der Waals surface area contributed by atoms with Gasteiger partial charge in [0.1, 0.15) is 0 Å².